The van der Waals surface area contributed by atoms with E-state index in [1.807, 2.05) is 24.3 Å². The predicted molar refractivity (Wildman–Crippen MR) is 77.4 cm³/mol. The number of halogens is 1. The monoisotopic (exact) mass is 337 g/mol. The maximum atomic E-state index is 12.4. The quantitative estimate of drug-likeness (QED) is 0.867. The Morgan fingerprint density at radius 2 is 1.75 bits per heavy atom. The number of carbonyl (C=O) groups excluding carboxylic acids is 1. The van der Waals surface area contributed by atoms with Crippen molar-refractivity contribution in [3.8, 4) is 0 Å². The van der Waals surface area contributed by atoms with Gasteiger partial charge in [0.25, 0.3) is 0 Å². The highest BCUT2D eigenvalue weighted by molar-refractivity contribution is 9.10. The largest absolute Gasteiger partial charge is 0.481 e. The molecule has 1 amide bonds. The van der Waals surface area contributed by atoms with Crippen molar-refractivity contribution in [3.05, 3.63) is 34.3 Å². The molecule has 0 spiro atoms. The summed E-state index contributed by atoms with van der Waals surface area (Å²) in [5, 5.41) is 12.0. The van der Waals surface area contributed by atoms with E-state index >= 15 is 0 Å². The van der Waals surface area contributed by atoms with Gasteiger partial charge in [0.15, 0.2) is 0 Å². The number of carboxylic acids is 1. The van der Waals surface area contributed by atoms with Crippen molar-refractivity contribution in [2.45, 2.75) is 31.1 Å². The minimum absolute atomic E-state index is 0.0349. The minimum Gasteiger partial charge on any atom is -0.481 e. The van der Waals surface area contributed by atoms with E-state index in [1.165, 1.54) is 0 Å². The van der Waals surface area contributed by atoms with Gasteiger partial charge in [-0.05, 0) is 43.4 Å². The summed E-state index contributed by atoms with van der Waals surface area (Å²) in [4.78, 5) is 23.5. The molecule has 0 heterocycles. The standard InChI is InChI=1S/C15H16BrNO3/c16-11-3-1-10(2-4-11)15(7-8-15)12(18)17-9-14(5-6-14)13(19)20/h1-4H,5-9H2,(H,17,18)(H,19,20). The van der Waals surface area contributed by atoms with Gasteiger partial charge in [0.1, 0.15) is 0 Å². The molecule has 2 saturated carbocycles. The minimum atomic E-state index is -0.800. The molecule has 106 valence electrons. The summed E-state index contributed by atoms with van der Waals surface area (Å²) < 4.78 is 0.986. The summed E-state index contributed by atoms with van der Waals surface area (Å²) in [7, 11) is 0. The molecule has 1 aromatic rings. The van der Waals surface area contributed by atoms with Crippen molar-refractivity contribution >= 4 is 27.8 Å². The van der Waals surface area contributed by atoms with Crippen molar-refractivity contribution in [1.29, 1.82) is 0 Å². The highest BCUT2D eigenvalue weighted by Crippen LogP contribution is 2.49. The van der Waals surface area contributed by atoms with Crippen LogP contribution in [-0.4, -0.2) is 23.5 Å². The molecule has 0 bridgehead atoms. The number of benzene rings is 1. The second kappa shape index (κ2) is 4.58. The van der Waals surface area contributed by atoms with E-state index in [-0.39, 0.29) is 12.5 Å². The van der Waals surface area contributed by atoms with Crippen LogP contribution < -0.4 is 5.32 Å². The van der Waals surface area contributed by atoms with Gasteiger partial charge < -0.3 is 10.4 Å². The normalized spacial score (nSPS) is 21.1. The molecule has 2 N–H and O–H groups in total. The van der Waals surface area contributed by atoms with Gasteiger partial charge in [-0.3, -0.25) is 9.59 Å². The lowest BCUT2D eigenvalue weighted by Gasteiger charge is -2.18. The topological polar surface area (TPSA) is 66.4 Å². The molecule has 20 heavy (non-hydrogen) atoms. The Balaban J connectivity index is 1.68. The first-order chi connectivity index (χ1) is 9.48. The highest BCUT2D eigenvalue weighted by atomic mass is 79.9. The molecule has 2 fully saturated rings. The molecule has 0 aromatic heterocycles. The molecule has 5 heteroatoms. The van der Waals surface area contributed by atoms with E-state index in [9.17, 15) is 9.59 Å². The Kier molecular flexibility index (Phi) is 3.12. The summed E-state index contributed by atoms with van der Waals surface area (Å²) in [5.41, 5.74) is -0.126. The zero-order valence-corrected chi connectivity index (χ0v) is 12.6. The SMILES string of the molecule is O=C(O)C1(CNC(=O)C2(c3ccc(Br)cc3)CC2)CC1. The van der Waals surface area contributed by atoms with Gasteiger partial charge in [0.05, 0.1) is 10.8 Å². The first-order valence-corrected chi connectivity index (χ1v) is 7.56. The van der Waals surface area contributed by atoms with Crippen LogP contribution in [0.2, 0.25) is 0 Å². The van der Waals surface area contributed by atoms with Crippen LogP contribution in [0.4, 0.5) is 0 Å². The van der Waals surface area contributed by atoms with Gasteiger partial charge in [0.2, 0.25) is 5.91 Å². The number of amides is 1. The molecule has 1 aromatic carbocycles. The molecule has 0 atom stereocenters. The summed E-state index contributed by atoms with van der Waals surface area (Å²) in [6.07, 6.45) is 2.99. The Hall–Kier alpha value is -1.36. The molecule has 0 saturated heterocycles. The van der Waals surface area contributed by atoms with Crippen LogP contribution in [0, 0.1) is 5.41 Å². The van der Waals surface area contributed by atoms with Crippen molar-refractivity contribution in [2.24, 2.45) is 5.41 Å². The lowest BCUT2D eigenvalue weighted by Crippen LogP contribution is -2.40. The Morgan fingerprint density at radius 3 is 2.20 bits per heavy atom. The third kappa shape index (κ3) is 2.24. The summed E-state index contributed by atoms with van der Waals surface area (Å²) in [6, 6.07) is 7.78. The fourth-order valence-corrected chi connectivity index (χ4v) is 2.84. The van der Waals surface area contributed by atoms with E-state index in [0.29, 0.717) is 12.8 Å². The van der Waals surface area contributed by atoms with Crippen molar-refractivity contribution in [1.82, 2.24) is 5.32 Å². The van der Waals surface area contributed by atoms with E-state index < -0.39 is 16.8 Å². The molecule has 2 aliphatic rings. The van der Waals surface area contributed by atoms with Crippen LogP contribution in [0.3, 0.4) is 0 Å². The molecule has 0 radical (unpaired) electrons. The predicted octanol–water partition coefficient (Wildman–Crippen LogP) is 2.46. The number of aliphatic carboxylic acids is 1. The molecule has 2 aliphatic carbocycles. The van der Waals surface area contributed by atoms with Crippen LogP contribution in [0.1, 0.15) is 31.2 Å². The zero-order chi connectivity index (χ0) is 14.4. The smallest absolute Gasteiger partial charge is 0.311 e. The van der Waals surface area contributed by atoms with Gasteiger partial charge in [-0.1, -0.05) is 28.1 Å². The molecule has 4 nitrogen and oxygen atoms in total. The maximum Gasteiger partial charge on any atom is 0.311 e. The third-order valence-electron chi connectivity index (χ3n) is 4.48. The summed E-state index contributed by atoms with van der Waals surface area (Å²) in [6.45, 7) is 0.249. The average molecular weight is 338 g/mol. The summed E-state index contributed by atoms with van der Waals surface area (Å²) >= 11 is 3.38. The molecule has 0 aliphatic heterocycles. The zero-order valence-electron chi connectivity index (χ0n) is 11.0. The number of carboxylic acid groups (broad SMARTS) is 1. The fourth-order valence-electron chi connectivity index (χ4n) is 2.58. The van der Waals surface area contributed by atoms with Gasteiger partial charge in [-0.15, -0.1) is 0 Å². The van der Waals surface area contributed by atoms with Gasteiger partial charge >= 0.3 is 5.97 Å². The van der Waals surface area contributed by atoms with Crippen LogP contribution in [0.25, 0.3) is 0 Å². The first-order valence-electron chi connectivity index (χ1n) is 6.76. The van der Waals surface area contributed by atoms with Crippen LogP contribution >= 0.6 is 15.9 Å². The third-order valence-corrected chi connectivity index (χ3v) is 5.00. The lowest BCUT2D eigenvalue weighted by molar-refractivity contribution is -0.143. The summed E-state index contributed by atoms with van der Waals surface area (Å²) in [5.74, 6) is -0.835. The van der Waals surface area contributed by atoms with Crippen LogP contribution in [-0.2, 0) is 15.0 Å². The van der Waals surface area contributed by atoms with Gasteiger partial charge in [-0.2, -0.15) is 0 Å². The van der Waals surface area contributed by atoms with Crippen LogP contribution in [0.5, 0.6) is 0 Å². The molecule has 3 rings (SSSR count). The molecule has 0 unspecified atom stereocenters. The van der Waals surface area contributed by atoms with E-state index in [1.54, 1.807) is 0 Å². The van der Waals surface area contributed by atoms with E-state index in [4.69, 9.17) is 5.11 Å². The van der Waals surface area contributed by atoms with Crippen molar-refractivity contribution in [2.75, 3.05) is 6.54 Å². The average Bonchev–Trinajstić information content (AvgIpc) is 3.31. The number of nitrogens with one attached hydrogen (secondary N) is 1. The number of hydrogen-bond acceptors (Lipinski definition) is 2. The van der Waals surface area contributed by atoms with Crippen molar-refractivity contribution in [3.63, 3.8) is 0 Å². The second-order valence-electron chi connectivity index (χ2n) is 5.86. The molecular formula is C15H16BrNO3. The van der Waals surface area contributed by atoms with Crippen molar-refractivity contribution < 1.29 is 14.7 Å². The molecular weight excluding hydrogens is 322 g/mol. The first kappa shape index (κ1) is 13.6. The lowest BCUT2D eigenvalue weighted by atomic mass is 9.94. The highest BCUT2D eigenvalue weighted by Gasteiger charge is 2.54. The Labute approximate surface area is 125 Å². The van der Waals surface area contributed by atoms with Crippen LogP contribution in [0.15, 0.2) is 28.7 Å². The van der Waals surface area contributed by atoms with Gasteiger partial charge in [0, 0.05) is 11.0 Å². The Bertz CT molecular complexity index is 559. The van der Waals surface area contributed by atoms with E-state index in [2.05, 4.69) is 21.2 Å². The van der Waals surface area contributed by atoms with Gasteiger partial charge in [-0.25, -0.2) is 0 Å². The fraction of sp³-hybridized carbons (Fsp3) is 0.467. The number of carbonyl (C=O) groups is 2. The number of hydrogen-bond donors (Lipinski definition) is 2. The second-order valence-corrected chi connectivity index (χ2v) is 6.77. The van der Waals surface area contributed by atoms with E-state index in [0.717, 1.165) is 22.9 Å². The number of rotatable bonds is 5. The Morgan fingerprint density at radius 1 is 1.15 bits per heavy atom. The maximum absolute atomic E-state index is 12.4.